The summed E-state index contributed by atoms with van der Waals surface area (Å²) in [6, 6.07) is 4.01. The molecule has 3 rings (SSSR count). The van der Waals surface area contributed by atoms with Crippen molar-refractivity contribution in [1.82, 2.24) is 19.5 Å². The monoisotopic (exact) mass is 286 g/mol. The molecule has 3 aromatic rings. The first kappa shape index (κ1) is 13.1. The lowest BCUT2D eigenvalue weighted by atomic mass is 10.1. The first-order chi connectivity index (χ1) is 9.66. The van der Waals surface area contributed by atoms with Crippen molar-refractivity contribution in [3.05, 3.63) is 53.9 Å². The molecule has 0 N–H and O–H groups in total. The number of hydrogen-bond donors (Lipinski definition) is 0. The maximum atomic E-state index is 6.27. The second-order valence-electron chi connectivity index (χ2n) is 4.84. The smallest absolute Gasteiger partial charge is 0.128 e. The highest BCUT2D eigenvalue weighted by Crippen LogP contribution is 2.25. The van der Waals surface area contributed by atoms with Crippen LogP contribution in [0.2, 0.25) is 0 Å². The van der Waals surface area contributed by atoms with E-state index in [1.807, 2.05) is 31.5 Å². The van der Waals surface area contributed by atoms with E-state index in [2.05, 4.69) is 26.4 Å². The first-order valence-electron chi connectivity index (χ1n) is 6.50. The van der Waals surface area contributed by atoms with Crippen LogP contribution in [0.4, 0.5) is 0 Å². The standard InChI is InChI=1S/C15H15ClN4/c1-10-7-17-5-3-12(10)9-20-14-4-6-18-8-13(14)19-15(20)11(2)16/h3-8,11H,9H2,1-2H3. The Kier molecular flexibility index (Phi) is 3.40. The number of alkyl halides is 1. The summed E-state index contributed by atoms with van der Waals surface area (Å²) in [7, 11) is 0. The number of pyridine rings is 2. The summed E-state index contributed by atoms with van der Waals surface area (Å²) in [6.07, 6.45) is 7.24. The highest BCUT2D eigenvalue weighted by molar-refractivity contribution is 6.20. The van der Waals surface area contributed by atoms with Crippen molar-refractivity contribution in [2.45, 2.75) is 25.8 Å². The van der Waals surface area contributed by atoms with E-state index >= 15 is 0 Å². The Hall–Kier alpha value is -1.94. The van der Waals surface area contributed by atoms with Crippen LogP contribution in [0.5, 0.6) is 0 Å². The number of aryl methyl sites for hydroxylation is 1. The van der Waals surface area contributed by atoms with Crippen LogP contribution in [-0.4, -0.2) is 19.5 Å². The molecular formula is C15H15ClN4. The maximum absolute atomic E-state index is 6.27. The molecule has 0 aliphatic rings. The van der Waals surface area contributed by atoms with Gasteiger partial charge in [-0.1, -0.05) is 0 Å². The van der Waals surface area contributed by atoms with Crippen molar-refractivity contribution in [2.75, 3.05) is 0 Å². The molecule has 0 aliphatic carbocycles. The highest BCUT2D eigenvalue weighted by Gasteiger charge is 2.15. The van der Waals surface area contributed by atoms with Gasteiger partial charge in [-0.05, 0) is 37.1 Å². The van der Waals surface area contributed by atoms with Gasteiger partial charge in [-0.15, -0.1) is 11.6 Å². The van der Waals surface area contributed by atoms with Gasteiger partial charge in [0.15, 0.2) is 0 Å². The minimum Gasteiger partial charge on any atom is -0.322 e. The number of halogens is 1. The number of nitrogens with zero attached hydrogens (tertiary/aromatic N) is 4. The Morgan fingerprint density at radius 2 is 1.95 bits per heavy atom. The first-order valence-corrected chi connectivity index (χ1v) is 6.94. The number of hydrogen-bond acceptors (Lipinski definition) is 3. The summed E-state index contributed by atoms with van der Waals surface area (Å²) >= 11 is 6.27. The van der Waals surface area contributed by atoms with Crippen molar-refractivity contribution < 1.29 is 0 Å². The van der Waals surface area contributed by atoms with E-state index in [1.165, 1.54) is 5.56 Å². The fourth-order valence-corrected chi connectivity index (χ4v) is 2.49. The van der Waals surface area contributed by atoms with Crippen LogP contribution in [0.1, 0.15) is 29.3 Å². The lowest BCUT2D eigenvalue weighted by Crippen LogP contribution is -2.07. The van der Waals surface area contributed by atoms with Gasteiger partial charge in [0.05, 0.1) is 17.1 Å². The molecule has 1 atom stereocenters. The minimum atomic E-state index is -0.149. The van der Waals surface area contributed by atoms with Gasteiger partial charge in [0, 0.05) is 25.1 Å². The van der Waals surface area contributed by atoms with Crippen molar-refractivity contribution in [2.24, 2.45) is 0 Å². The van der Waals surface area contributed by atoms with Crippen LogP contribution < -0.4 is 0 Å². The Labute approximate surface area is 122 Å². The van der Waals surface area contributed by atoms with Crippen molar-refractivity contribution in [3.8, 4) is 0 Å². The zero-order chi connectivity index (χ0) is 14.1. The van der Waals surface area contributed by atoms with E-state index in [0.717, 1.165) is 29.0 Å². The molecule has 0 saturated heterocycles. The van der Waals surface area contributed by atoms with Crippen molar-refractivity contribution in [3.63, 3.8) is 0 Å². The van der Waals surface area contributed by atoms with E-state index in [-0.39, 0.29) is 5.38 Å². The molecule has 3 heterocycles. The molecule has 0 spiro atoms. The third-order valence-corrected chi connectivity index (χ3v) is 3.60. The van der Waals surface area contributed by atoms with Crippen LogP contribution in [0.25, 0.3) is 11.0 Å². The summed E-state index contributed by atoms with van der Waals surface area (Å²) < 4.78 is 2.15. The topological polar surface area (TPSA) is 43.6 Å². The van der Waals surface area contributed by atoms with Crippen LogP contribution in [0.3, 0.4) is 0 Å². The van der Waals surface area contributed by atoms with Crippen molar-refractivity contribution in [1.29, 1.82) is 0 Å². The van der Waals surface area contributed by atoms with Crippen LogP contribution in [0, 0.1) is 6.92 Å². The van der Waals surface area contributed by atoms with E-state index in [4.69, 9.17) is 11.6 Å². The summed E-state index contributed by atoms with van der Waals surface area (Å²) in [5, 5.41) is -0.149. The van der Waals surface area contributed by atoms with Crippen LogP contribution >= 0.6 is 11.6 Å². The van der Waals surface area contributed by atoms with E-state index in [0.29, 0.717) is 0 Å². The predicted octanol–water partition coefficient (Wildman–Crippen LogP) is 3.48. The van der Waals surface area contributed by atoms with Gasteiger partial charge < -0.3 is 4.57 Å². The number of aromatic nitrogens is 4. The molecule has 102 valence electrons. The third kappa shape index (κ3) is 2.27. The zero-order valence-electron chi connectivity index (χ0n) is 11.4. The normalized spacial score (nSPS) is 12.8. The van der Waals surface area contributed by atoms with E-state index in [1.54, 1.807) is 12.4 Å². The molecule has 5 heteroatoms. The Bertz CT molecular complexity index is 748. The van der Waals surface area contributed by atoms with Gasteiger partial charge in [0.25, 0.3) is 0 Å². The number of fused-ring (bicyclic) bond motifs is 1. The minimum absolute atomic E-state index is 0.149. The van der Waals surface area contributed by atoms with E-state index < -0.39 is 0 Å². The summed E-state index contributed by atoms with van der Waals surface area (Å²) in [4.78, 5) is 12.8. The molecule has 0 saturated carbocycles. The second kappa shape index (κ2) is 5.21. The molecule has 1 unspecified atom stereocenters. The highest BCUT2D eigenvalue weighted by atomic mass is 35.5. The second-order valence-corrected chi connectivity index (χ2v) is 5.49. The SMILES string of the molecule is Cc1cnccc1Cn1c(C(C)Cl)nc2cnccc21. The molecular weight excluding hydrogens is 272 g/mol. The largest absolute Gasteiger partial charge is 0.322 e. The van der Waals surface area contributed by atoms with Crippen LogP contribution in [-0.2, 0) is 6.54 Å². The molecule has 0 radical (unpaired) electrons. The lowest BCUT2D eigenvalue weighted by molar-refractivity contribution is 0.738. The zero-order valence-corrected chi connectivity index (χ0v) is 12.2. The Balaban J connectivity index is 2.14. The summed E-state index contributed by atoms with van der Waals surface area (Å²) in [5.41, 5.74) is 4.31. The molecule has 0 fully saturated rings. The van der Waals surface area contributed by atoms with Crippen LogP contribution in [0.15, 0.2) is 36.9 Å². The molecule has 3 aromatic heterocycles. The molecule has 20 heavy (non-hydrogen) atoms. The number of rotatable bonds is 3. The average molecular weight is 287 g/mol. The fraction of sp³-hybridized carbons (Fsp3) is 0.267. The van der Waals surface area contributed by atoms with Gasteiger partial charge in [0.1, 0.15) is 11.3 Å². The van der Waals surface area contributed by atoms with Gasteiger partial charge in [-0.2, -0.15) is 0 Å². The Morgan fingerprint density at radius 1 is 1.20 bits per heavy atom. The van der Waals surface area contributed by atoms with Gasteiger partial charge in [-0.25, -0.2) is 4.98 Å². The van der Waals surface area contributed by atoms with Crippen molar-refractivity contribution >= 4 is 22.6 Å². The molecule has 0 bridgehead atoms. The van der Waals surface area contributed by atoms with Gasteiger partial charge >= 0.3 is 0 Å². The predicted molar refractivity (Wildman–Crippen MR) is 79.9 cm³/mol. The van der Waals surface area contributed by atoms with Gasteiger partial charge in [-0.3, -0.25) is 9.97 Å². The van der Waals surface area contributed by atoms with Gasteiger partial charge in [0.2, 0.25) is 0 Å². The fourth-order valence-electron chi connectivity index (χ4n) is 2.32. The summed E-state index contributed by atoms with van der Waals surface area (Å²) in [6.45, 7) is 4.74. The molecule has 0 amide bonds. The quantitative estimate of drug-likeness (QED) is 0.692. The number of imidazole rings is 1. The molecule has 0 aromatic carbocycles. The lowest BCUT2D eigenvalue weighted by Gasteiger charge is -2.12. The summed E-state index contributed by atoms with van der Waals surface area (Å²) in [5.74, 6) is 0.867. The van der Waals surface area contributed by atoms with E-state index in [9.17, 15) is 0 Å². The average Bonchev–Trinajstić information content (AvgIpc) is 2.81. The Morgan fingerprint density at radius 3 is 2.70 bits per heavy atom. The third-order valence-electron chi connectivity index (χ3n) is 3.40. The maximum Gasteiger partial charge on any atom is 0.128 e. The molecule has 0 aliphatic heterocycles. The molecule has 4 nitrogen and oxygen atoms in total.